The van der Waals surface area contributed by atoms with Crippen molar-refractivity contribution in [3.63, 3.8) is 0 Å². The van der Waals surface area contributed by atoms with Crippen LogP contribution in [0, 0.1) is 17.3 Å². The first-order valence-corrected chi connectivity index (χ1v) is 8.63. The first-order chi connectivity index (χ1) is 9.94. The minimum Gasteiger partial charge on any atom is -0.338 e. The van der Waals surface area contributed by atoms with E-state index in [9.17, 15) is 0 Å². The van der Waals surface area contributed by atoms with Crippen LogP contribution in [0.25, 0.3) is 0 Å². The smallest absolute Gasteiger partial charge is 0.108 e. The fraction of sp³-hybridized carbons (Fsp3) is 0.833. The second-order valence-corrected chi connectivity index (χ2v) is 7.63. The van der Waals surface area contributed by atoms with Gasteiger partial charge in [-0.05, 0) is 43.1 Å². The Labute approximate surface area is 130 Å². The van der Waals surface area contributed by atoms with Crippen LogP contribution in [0.15, 0.2) is 12.4 Å². The maximum Gasteiger partial charge on any atom is 0.108 e. The number of rotatable bonds is 6. The molecular formula is C18H33N3. The zero-order chi connectivity index (χ0) is 15.5. The van der Waals surface area contributed by atoms with Gasteiger partial charge in [0.1, 0.15) is 5.82 Å². The summed E-state index contributed by atoms with van der Waals surface area (Å²) in [5.41, 5.74) is 0.374. The molecule has 1 aromatic rings. The van der Waals surface area contributed by atoms with Crippen LogP contribution in [-0.4, -0.2) is 22.1 Å². The highest BCUT2D eigenvalue weighted by Gasteiger charge is 2.38. The van der Waals surface area contributed by atoms with Crippen LogP contribution < -0.4 is 5.32 Å². The Morgan fingerprint density at radius 1 is 1.38 bits per heavy atom. The van der Waals surface area contributed by atoms with Gasteiger partial charge in [0, 0.05) is 31.9 Å². The van der Waals surface area contributed by atoms with Crippen LogP contribution >= 0.6 is 0 Å². The number of imidazole rings is 1. The molecule has 2 rings (SSSR count). The lowest BCUT2D eigenvalue weighted by atomic mass is 9.64. The number of aromatic nitrogens is 2. The van der Waals surface area contributed by atoms with E-state index in [-0.39, 0.29) is 0 Å². The lowest BCUT2D eigenvalue weighted by Crippen LogP contribution is -2.47. The second kappa shape index (κ2) is 6.95. The number of nitrogens with one attached hydrogen (secondary N) is 1. The lowest BCUT2D eigenvalue weighted by molar-refractivity contribution is 0.0872. The van der Waals surface area contributed by atoms with E-state index in [0.717, 1.165) is 24.8 Å². The summed E-state index contributed by atoms with van der Waals surface area (Å²) in [5.74, 6) is 2.87. The fourth-order valence-electron chi connectivity index (χ4n) is 4.06. The molecule has 0 aliphatic heterocycles. The van der Waals surface area contributed by atoms with Gasteiger partial charge in [-0.25, -0.2) is 4.98 Å². The topological polar surface area (TPSA) is 29.9 Å². The molecule has 1 heterocycles. The molecule has 1 aliphatic carbocycles. The molecule has 0 amide bonds. The summed E-state index contributed by atoms with van der Waals surface area (Å²) in [5, 5.41) is 3.75. The van der Waals surface area contributed by atoms with Gasteiger partial charge in [0.05, 0.1) is 0 Å². The zero-order valence-corrected chi connectivity index (χ0v) is 14.5. The summed E-state index contributed by atoms with van der Waals surface area (Å²) < 4.78 is 2.15. The summed E-state index contributed by atoms with van der Waals surface area (Å²) in [7, 11) is 2.10. The Morgan fingerprint density at radius 3 is 2.76 bits per heavy atom. The molecule has 1 N–H and O–H groups in total. The lowest BCUT2D eigenvalue weighted by Gasteiger charge is -2.44. The van der Waals surface area contributed by atoms with Crippen LogP contribution in [0.4, 0.5) is 0 Å². The summed E-state index contributed by atoms with van der Waals surface area (Å²) in [6, 6.07) is 0.690. The Morgan fingerprint density at radius 2 is 2.14 bits per heavy atom. The van der Waals surface area contributed by atoms with E-state index in [1.165, 1.54) is 31.5 Å². The van der Waals surface area contributed by atoms with E-state index < -0.39 is 0 Å². The zero-order valence-electron chi connectivity index (χ0n) is 14.5. The number of aryl methyl sites for hydroxylation is 2. The first kappa shape index (κ1) is 16.5. The molecule has 0 aromatic carbocycles. The van der Waals surface area contributed by atoms with E-state index in [1.807, 2.05) is 12.4 Å². The first-order valence-electron chi connectivity index (χ1n) is 8.63. The molecule has 120 valence electrons. The van der Waals surface area contributed by atoms with E-state index in [2.05, 4.69) is 49.6 Å². The van der Waals surface area contributed by atoms with Crippen molar-refractivity contribution < 1.29 is 0 Å². The van der Waals surface area contributed by atoms with Crippen LogP contribution in [0.2, 0.25) is 0 Å². The van der Waals surface area contributed by atoms with Crippen LogP contribution in [0.5, 0.6) is 0 Å². The van der Waals surface area contributed by atoms with E-state index in [1.54, 1.807) is 0 Å². The summed E-state index contributed by atoms with van der Waals surface area (Å²) in [6.07, 6.45) is 10.4. The maximum atomic E-state index is 4.48. The van der Waals surface area contributed by atoms with Gasteiger partial charge in [0.15, 0.2) is 0 Å². The standard InChI is InChI=1S/C18H33N3/c1-6-19-16-13-14(2)7-8-15(16)18(3,4)10-9-17-20-11-12-21(17)5/h11-12,14-16,19H,6-10,13H2,1-5H3. The quantitative estimate of drug-likeness (QED) is 0.864. The van der Waals surface area contributed by atoms with Crippen molar-refractivity contribution in [2.24, 2.45) is 24.3 Å². The van der Waals surface area contributed by atoms with E-state index in [4.69, 9.17) is 0 Å². The molecule has 0 spiro atoms. The molecule has 1 saturated carbocycles. The fourth-order valence-corrected chi connectivity index (χ4v) is 4.06. The van der Waals surface area contributed by atoms with Gasteiger partial charge in [0.25, 0.3) is 0 Å². The van der Waals surface area contributed by atoms with Crippen LogP contribution in [0.1, 0.15) is 59.2 Å². The normalized spacial score (nSPS) is 27.0. The Kier molecular flexibility index (Phi) is 5.48. The third kappa shape index (κ3) is 4.09. The van der Waals surface area contributed by atoms with Crippen molar-refractivity contribution in [3.8, 4) is 0 Å². The van der Waals surface area contributed by atoms with Gasteiger partial charge in [-0.3, -0.25) is 0 Å². The highest BCUT2D eigenvalue weighted by Crippen LogP contribution is 2.42. The molecule has 1 aliphatic rings. The van der Waals surface area contributed by atoms with Crippen molar-refractivity contribution in [1.29, 1.82) is 0 Å². The predicted molar refractivity (Wildman–Crippen MR) is 89.3 cm³/mol. The minimum atomic E-state index is 0.374. The highest BCUT2D eigenvalue weighted by atomic mass is 15.0. The third-order valence-electron chi connectivity index (χ3n) is 5.50. The SMILES string of the molecule is CCNC1CC(C)CCC1C(C)(C)CCc1nccn1C. The van der Waals surface area contributed by atoms with Crippen molar-refractivity contribution in [2.75, 3.05) is 6.54 Å². The molecule has 3 unspecified atom stereocenters. The van der Waals surface area contributed by atoms with E-state index in [0.29, 0.717) is 11.5 Å². The van der Waals surface area contributed by atoms with Crippen molar-refractivity contribution in [1.82, 2.24) is 14.9 Å². The Bertz CT molecular complexity index is 435. The van der Waals surface area contributed by atoms with Gasteiger partial charge in [0.2, 0.25) is 0 Å². The molecule has 1 aromatic heterocycles. The molecule has 3 atom stereocenters. The Balaban J connectivity index is 2.00. The van der Waals surface area contributed by atoms with Crippen molar-refractivity contribution in [2.45, 2.75) is 65.8 Å². The molecular weight excluding hydrogens is 258 g/mol. The summed E-state index contributed by atoms with van der Waals surface area (Å²) in [4.78, 5) is 4.48. The average molecular weight is 291 g/mol. The molecule has 1 fully saturated rings. The maximum absolute atomic E-state index is 4.48. The van der Waals surface area contributed by atoms with Crippen molar-refractivity contribution in [3.05, 3.63) is 18.2 Å². The number of hydrogen-bond acceptors (Lipinski definition) is 2. The van der Waals surface area contributed by atoms with Gasteiger partial charge in [-0.15, -0.1) is 0 Å². The molecule has 0 bridgehead atoms. The molecule has 21 heavy (non-hydrogen) atoms. The highest BCUT2D eigenvalue weighted by molar-refractivity contribution is 4.96. The minimum absolute atomic E-state index is 0.374. The monoisotopic (exact) mass is 291 g/mol. The van der Waals surface area contributed by atoms with Gasteiger partial charge in [-0.2, -0.15) is 0 Å². The van der Waals surface area contributed by atoms with E-state index >= 15 is 0 Å². The molecule has 0 saturated heterocycles. The Hall–Kier alpha value is -0.830. The largest absolute Gasteiger partial charge is 0.338 e. The number of nitrogens with zero attached hydrogens (tertiary/aromatic N) is 2. The molecule has 3 heteroatoms. The van der Waals surface area contributed by atoms with Crippen LogP contribution in [-0.2, 0) is 13.5 Å². The summed E-state index contributed by atoms with van der Waals surface area (Å²) in [6.45, 7) is 10.6. The van der Waals surface area contributed by atoms with Gasteiger partial charge >= 0.3 is 0 Å². The van der Waals surface area contributed by atoms with Gasteiger partial charge in [-0.1, -0.05) is 34.1 Å². The van der Waals surface area contributed by atoms with Crippen LogP contribution in [0.3, 0.4) is 0 Å². The third-order valence-corrected chi connectivity index (χ3v) is 5.50. The second-order valence-electron chi connectivity index (χ2n) is 7.63. The average Bonchev–Trinajstić information content (AvgIpc) is 2.82. The number of hydrogen-bond donors (Lipinski definition) is 1. The summed E-state index contributed by atoms with van der Waals surface area (Å²) >= 11 is 0. The molecule has 0 radical (unpaired) electrons. The predicted octanol–water partition coefficient (Wildman–Crippen LogP) is 3.79. The van der Waals surface area contributed by atoms with Gasteiger partial charge < -0.3 is 9.88 Å². The van der Waals surface area contributed by atoms with Crippen molar-refractivity contribution >= 4 is 0 Å². The molecule has 3 nitrogen and oxygen atoms in total.